The number of para-hydroxylation sites is 1. The molecule has 98 valence electrons. The second-order valence-electron chi connectivity index (χ2n) is 4.25. The highest BCUT2D eigenvalue weighted by molar-refractivity contribution is 6.34. The molecule has 0 heterocycles. The molecule has 0 bridgehead atoms. The number of likely N-dealkylation sites (N-methyl/N-ethyl adjacent to an activating group) is 1. The van der Waals surface area contributed by atoms with Crippen LogP contribution in [0.15, 0.2) is 54.6 Å². The third-order valence-corrected chi connectivity index (χ3v) is 3.34. The van der Waals surface area contributed by atoms with Gasteiger partial charge in [0.25, 0.3) is 0 Å². The van der Waals surface area contributed by atoms with Crippen LogP contribution in [0.1, 0.15) is 17.3 Å². The van der Waals surface area contributed by atoms with Crippen LogP contribution in [0.3, 0.4) is 0 Å². The molecule has 0 aliphatic heterocycles. The summed E-state index contributed by atoms with van der Waals surface area (Å²) in [6.45, 7) is 3.15. The van der Waals surface area contributed by atoms with Crippen molar-refractivity contribution < 1.29 is 4.79 Å². The Morgan fingerprint density at radius 2 is 1.68 bits per heavy atom. The number of Topliss-reactive ketones (excluding diaryl/α,β-unsaturated/α-hetero) is 1. The van der Waals surface area contributed by atoms with E-state index in [1.807, 2.05) is 54.3 Å². The van der Waals surface area contributed by atoms with Crippen molar-refractivity contribution >= 4 is 23.1 Å². The van der Waals surface area contributed by atoms with Gasteiger partial charge < -0.3 is 4.90 Å². The van der Waals surface area contributed by atoms with Gasteiger partial charge in [-0.2, -0.15) is 0 Å². The highest BCUT2D eigenvalue weighted by Crippen LogP contribution is 2.18. The van der Waals surface area contributed by atoms with Crippen molar-refractivity contribution in [1.82, 2.24) is 0 Å². The molecule has 0 saturated carbocycles. The topological polar surface area (TPSA) is 20.3 Å². The van der Waals surface area contributed by atoms with Crippen LogP contribution in [-0.4, -0.2) is 18.9 Å². The predicted octanol–water partition coefficient (Wildman–Crippen LogP) is 4.05. The molecule has 3 heteroatoms. The first kappa shape index (κ1) is 13.6. The third-order valence-electron chi connectivity index (χ3n) is 3.01. The average Bonchev–Trinajstić information content (AvgIpc) is 2.46. The summed E-state index contributed by atoms with van der Waals surface area (Å²) < 4.78 is 0. The standard InChI is InChI=1S/C16H16ClNO/c1-2-18(13-8-4-3-5-9-13)12-16(19)14-10-6-7-11-15(14)17/h3-11H,2,12H2,1H3. The molecule has 0 unspecified atom stereocenters. The van der Waals surface area contributed by atoms with Crippen LogP contribution >= 0.6 is 11.6 Å². The molecule has 0 spiro atoms. The van der Waals surface area contributed by atoms with E-state index >= 15 is 0 Å². The smallest absolute Gasteiger partial charge is 0.183 e. The molecule has 0 fully saturated rings. The number of rotatable bonds is 5. The van der Waals surface area contributed by atoms with E-state index in [2.05, 4.69) is 0 Å². The molecule has 0 N–H and O–H groups in total. The van der Waals surface area contributed by atoms with Gasteiger partial charge in [0, 0.05) is 17.8 Å². The fourth-order valence-corrected chi connectivity index (χ4v) is 2.21. The van der Waals surface area contributed by atoms with Crippen LogP contribution in [0, 0.1) is 0 Å². The van der Waals surface area contributed by atoms with Gasteiger partial charge in [-0.3, -0.25) is 4.79 Å². The van der Waals surface area contributed by atoms with Crippen molar-refractivity contribution in [3.8, 4) is 0 Å². The molecule has 0 radical (unpaired) electrons. The fourth-order valence-electron chi connectivity index (χ4n) is 1.97. The van der Waals surface area contributed by atoms with E-state index in [1.165, 1.54) is 0 Å². The number of carbonyl (C=O) groups is 1. The summed E-state index contributed by atoms with van der Waals surface area (Å²) in [5.74, 6) is 0.0382. The van der Waals surface area contributed by atoms with Crippen molar-refractivity contribution in [3.05, 3.63) is 65.2 Å². The Bertz CT molecular complexity index is 554. The molecular formula is C16H16ClNO. The lowest BCUT2D eigenvalue weighted by Crippen LogP contribution is -2.29. The molecule has 0 saturated heterocycles. The lowest BCUT2D eigenvalue weighted by Gasteiger charge is -2.22. The molecule has 2 nitrogen and oxygen atoms in total. The van der Waals surface area contributed by atoms with Crippen molar-refractivity contribution in [2.24, 2.45) is 0 Å². The molecule has 0 aliphatic carbocycles. The number of halogens is 1. The number of nitrogens with zero attached hydrogens (tertiary/aromatic N) is 1. The monoisotopic (exact) mass is 273 g/mol. The Kier molecular flexibility index (Phi) is 4.58. The first-order valence-corrected chi connectivity index (χ1v) is 6.68. The maximum Gasteiger partial charge on any atom is 0.183 e. The van der Waals surface area contributed by atoms with Gasteiger partial charge in [0.1, 0.15) is 0 Å². The summed E-state index contributed by atoms with van der Waals surface area (Å²) in [5.41, 5.74) is 1.63. The van der Waals surface area contributed by atoms with Gasteiger partial charge in [0.05, 0.1) is 11.6 Å². The largest absolute Gasteiger partial charge is 0.364 e. The molecular weight excluding hydrogens is 258 g/mol. The third kappa shape index (κ3) is 3.36. The van der Waals surface area contributed by atoms with Crippen molar-refractivity contribution in [2.75, 3.05) is 18.0 Å². The summed E-state index contributed by atoms with van der Waals surface area (Å²) in [7, 11) is 0. The van der Waals surface area contributed by atoms with Crippen LogP contribution < -0.4 is 4.90 Å². The SMILES string of the molecule is CCN(CC(=O)c1ccccc1Cl)c1ccccc1. The highest BCUT2D eigenvalue weighted by atomic mass is 35.5. The van der Waals surface area contributed by atoms with Gasteiger partial charge in [-0.25, -0.2) is 0 Å². The molecule has 19 heavy (non-hydrogen) atoms. The number of anilines is 1. The van der Waals surface area contributed by atoms with Crippen LogP contribution in [0.5, 0.6) is 0 Å². The van der Waals surface area contributed by atoms with E-state index < -0.39 is 0 Å². The zero-order valence-corrected chi connectivity index (χ0v) is 11.6. The number of benzene rings is 2. The minimum absolute atomic E-state index is 0.0382. The minimum atomic E-state index is 0.0382. The molecule has 0 atom stereocenters. The number of hydrogen-bond donors (Lipinski definition) is 0. The van der Waals surface area contributed by atoms with Crippen LogP contribution in [0.25, 0.3) is 0 Å². The van der Waals surface area contributed by atoms with Crippen LogP contribution in [-0.2, 0) is 0 Å². The first-order valence-electron chi connectivity index (χ1n) is 6.30. The minimum Gasteiger partial charge on any atom is -0.364 e. The van der Waals surface area contributed by atoms with E-state index in [0.717, 1.165) is 12.2 Å². The van der Waals surface area contributed by atoms with E-state index in [4.69, 9.17) is 11.6 Å². The van der Waals surface area contributed by atoms with E-state index in [1.54, 1.807) is 12.1 Å². The summed E-state index contributed by atoms with van der Waals surface area (Å²) in [4.78, 5) is 14.3. The summed E-state index contributed by atoms with van der Waals surface area (Å²) in [6, 6.07) is 17.1. The van der Waals surface area contributed by atoms with Gasteiger partial charge in [-0.05, 0) is 31.2 Å². The maximum absolute atomic E-state index is 12.3. The van der Waals surface area contributed by atoms with Crippen molar-refractivity contribution in [3.63, 3.8) is 0 Å². The summed E-state index contributed by atoms with van der Waals surface area (Å²) in [6.07, 6.45) is 0. The molecule has 2 aromatic rings. The summed E-state index contributed by atoms with van der Waals surface area (Å²) >= 11 is 6.05. The predicted molar refractivity (Wildman–Crippen MR) is 80.1 cm³/mol. The Labute approximate surface area is 118 Å². The Hall–Kier alpha value is -1.80. The van der Waals surface area contributed by atoms with Gasteiger partial charge in [-0.1, -0.05) is 41.9 Å². The fraction of sp³-hybridized carbons (Fsp3) is 0.188. The number of hydrogen-bond acceptors (Lipinski definition) is 2. The number of ketones is 1. The zero-order chi connectivity index (χ0) is 13.7. The molecule has 0 aromatic heterocycles. The van der Waals surface area contributed by atoms with Crippen molar-refractivity contribution in [2.45, 2.75) is 6.92 Å². The summed E-state index contributed by atoms with van der Waals surface area (Å²) in [5, 5.41) is 0.511. The van der Waals surface area contributed by atoms with E-state index in [-0.39, 0.29) is 5.78 Å². The van der Waals surface area contributed by atoms with Gasteiger partial charge >= 0.3 is 0 Å². The Morgan fingerprint density at radius 1 is 1.05 bits per heavy atom. The lowest BCUT2D eigenvalue weighted by atomic mass is 10.1. The average molecular weight is 274 g/mol. The van der Waals surface area contributed by atoms with Crippen molar-refractivity contribution in [1.29, 1.82) is 0 Å². The van der Waals surface area contributed by atoms with Gasteiger partial charge in [0.2, 0.25) is 0 Å². The maximum atomic E-state index is 12.3. The lowest BCUT2D eigenvalue weighted by molar-refractivity contribution is 0.0999. The molecule has 2 rings (SSSR count). The van der Waals surface area contributed by atoms with E-state index in [0.29, 0.717) is 17.1 Å². The highest BCUT2D eigenvalue weighted by Gasteiger charge is 2.14. The quantitative estimate of drug-likeness (QED) is 0.766. The second kappa shape index (κ2) is 6.39. The van der Waals surface area contributed by atoms with Gasteiger partial charge in [-0.15, -0.1) is 0 Å². The van der Waals surface area contributed by atoms with Crippen LogP contribution in [0.4, 0.5) is 5.69 Å². The Morgan fingerprint density at radius 3 is 2.32 bits per heavy atom. The normalized spacial score (nSPS) is 10.2. The van der Waals surface area contributed by atoms with Gasteiger partial charge in [0.15, 0.2) is 5.78 Å². The Balaban J connectivity index is 2.16. The molecule has 2 aromatic carbocycles. The second-order valence-corrected chi connectivity index (χ2v) is 4.66. The molecule has 0 aliphatic rings. The molecule has 0 amide bonds. The number of carbonyl (C=O) groups excluding carboxylic acids is 1. The van der Waals surface area contributed by atoms with Crippen LogP contribution in [0.2, 0.25) is 5.02 Å². The first-order chi connectivity index (χ1) is 9.22. The zero-order valence-electron chi connectivity index (χ0n) is 10.8. The van der Waals surface area contributed by atoms with E-state index in [9.17, 15) is 4.79 Å².